The third-order valence-corrected chi connectivity index (χ3v) is 5.01. The summed E-state index contributed by atoms with van der Waals surface area (Å²) in [6, 6.07) is 3.58. The number of hydrogen-bond acceptors (Lipinski definition) is 4. The van der Waals surface area contributed by atoms with Gasteiger partial charge in [-0.05, 0) is 47.3 Å². The van der Waals surface area contributed by atoms with Gasteiger partial charge in [-0.1, -0.05) is 5.16 Å². The van der Waals surface area contributed by atoms with Gasteiger partial charge in [0.2, 0.25) is 0 Å². The smallest absolute Gasteiger partial charge is 0.171 e. The Labute approximate surface area is 130 Å². The fourth-order valence-corrected chi connectivity index (χ4v) is 3.78. The first kappa shape index (κ1) is 14.6. The molecule has 21 heavy (non-hydrogen) atoms. The second-order valence-electron chi connectivity index (χ2n) is 5.35. The van der Waals surface area contributed by atoms with Crippen molar-refractivity contribution in [1.82, 2.24) is 0 Å². The number of amidine groups is 1. The van der Waals surface area contributed by atoms with Crippen LogP contribution in [0.1, 0.15) is 24.8 Å². The van der Waals surface area contributed by atoms with E-state index in [-0.39, 0.29) is 28.3 Å². The zero-order valence-electron chi connectivity index (χ0n) is 11.4. The van der Waals surface area contributed by atoms with Gasteiger partial charge in [0.1, 0.15) is 0 Å². The molecule has 2 aliphatic rings. The molecule has 114 valence electrons. The molecule has 0 aromatic heterocycles. The van der Waals surface area contributed by atoms with Crippen LogP contribution in [0.4, 0.5) is 10.1 Å². The van der Waals surface area contributed by atoms with Crippen LogP contribution in [0.15, 0.2) is 21.8 Å². The van der Waals surface area contributed by atoms with Gasteiger partial charge in [-0.25, -0.2) is 4.39 Å². The van der Waals surface area contributed by atoms with Crippen molar-refractivity contribution in [2.45, 2.75) is 31.4 Å². The molecule has 0 bridgehead atoms. The zero-order chi connectivity index (χ0) is 15.0. The summed E-state index contributed by atoms with van der Waals surface area (Å²) in [6.07, 6.45) is 3.35. The van der Waals surface area contributed by atoms with Crippen LogP contribution >= 0.6 is 15.9 Å². The van der Waals surface area contributed by atoms with Crippen LogP contribution in [0.2, 0.25) is 0 Å². The van der Waals surface area contributed by atoms with Crippen molar-refractivity contribution in [3.05, 3.63) is 28.0 Å². The number of hydrogen-bond donors (Lipinski definition) is 2. The predicted molar refractivity (Wildman–Crippen MR) is 81.3 cm³/mol. The van der Waals surface area contributed by atoms with Gasteiger partial charge in [-0.15, -0.1) is 0 Å². The standard InChI is InChI=1S/C14H17BrFN3O2/c15-12-8(14(17)18-20)4-5-10(13(12)16)19-6-7-21-11-3-1-2-9(11)19/h4-5,9,11,20H,1-3,6-7H2,(H2,17,18). The Kier molecular flexibility index (Phi) is 4.03. The van der Waals surface area contributed by atoms with Crippen molar-refractivity contribution >= 4 is 27.5 Å². The SMILES string of the molecule is N/C(=N/O)c1ccc(N2CCOC3CCCC32)c(F)c1Br. The zero-order valence-corrected chi connectivity index (χ0v) is 13.0. The quantitative estimate of drug-likeness (QED) is 0.369. The second-order valence-corrected chi connectivity index (χ2v) is 6.14. The second kappa shape index (κ2) is 5.81. The summed E-state index contributed by atoms with van der Waals surface area (Å²) in [4.78, 5) is 2.08. The predicted octanol–water partition coefficient (Wildman–Crippen LogP) is 2.44. The molecule has 1 heterocycles. The highest BCUT2D eigenvalue weighted by atomic mass is 79.9. The summed E-state index contributed by atoms with van der Waals surface area (Å²) in [5, 5.41) is 11.7. The summed E-state index contributed by atoms with van der Waals surface area (Å²) in [6.45, 7) is 1.29. The van der Waals surface area contributed by atoms with Crippen LogP contribution in [0, 0.1) is 5.82 Å². The van der Waals surface area contributed by atoms with E-state index in [1.54, 1.807) is 12.1 Å². The Hall–Kier alpha value is -1.34. The van der Waals surface area contributed by atoms with E-state index in [1.807, 2.05) is 0 Å². The molecule has 1 aliphatic heterocycles. The van der Waals surface area contributed by atoms with Gasteiger partial charge in [0.25, 0.3) is 0 Å². The number of nitrogens with zero attached hydrogens (tertiary/aromatic N) is 2. The summed E-state index contributed by atoms with van der Waals surface area (Å²) < 4.78 is 20.7. The van der Waals surface area contributed by atoms with Crippen LogP contribution in [0.3, 0.4) is 0 Å². The first-order chi connectivity index (χ1) is 10.1. The maximum absolute atomic E-state index is 14.7. The van der Waals surface area contributed by atoms with E-state index in [1.165, 1.54) is 0 Å². The Morgan fingerprint density at radius 2 is 2.29 bits per heavy atom. The summed E-state index contributed by atoms with van der Waals surface area (Å²) >= 11 is 3.21. The van der Waals surface area contributed by atoms with E-state index >= 15 is 0 Å². The summed E-state index contributed by atoms with van der Waals surface area (Å²) in [5.74, 6) is -0.500. The number of benzene rings is 1. The lowest BCUT2D eigenvalue weighted by molar-refractivity contribution is 0.0254. The molecule has 1 aromatic carbocycles. The van der Waals surface area contributed by atoms with Crippen molar-refractivity contribution in [2.24, 2.45) is 10.9 Å². The topological polar surface area (TPSA) is 71.1 Å². The molecule has 3 rings (SSSR count). The highest BCUT2D eigenvalue weighted by molar-refractivity contribution is 9.10. The van der Waals surface area contributed by atoms with E-state index < -0.39 is 0 Å². The molecule has 1 saturated heterocycles. The summed E-state index contributed by atoms with van der Waals surface area (Å²) in [7, 11) is 0. The van der Waals surface area contributed by atoms with E-state index in [9.17, 15) is 4.39 Å². The van der Waals surface area contributed by atoms with Crippen LogP contribution < -0.4 is 10.6 Å². The Morgan fingerprint density at radius 1 is 1.48 bits per heavy atom. The molecule has 1 aliphatic carbocycles. The molecule has 7 heteroatoms. The fourth-order valence-electron chi connectivity index (χ4n) is 3.24. The van der Waals surface area contributed by atoms with E-state index in [0.29, 0.717) is 24.4 Å². The lowest BCUT2D eigenvalue weighted by atomic mass is 10.1. The van der Waals surface area contributed by atoms with Crippen molar-refractivity contribution in [2.75, 3.05) is 18.1 Å². The molecular formula is C14H17BrFN3O2. The number of halogens is 2. The van der Waals surface area contributed by atoms with Gasteiger partial charge in [0.15, 0.2) is 11.7 Å². The van der Waals surface area contributed by atoms with Gasteiger partial charge >= 0.3 is 0 Å². The molecule has 1 saturated carbocycles. The largest absolute Gasteiger partial charge is 0.409 e. The van der Waals surface area contributed by atoms with E-state index in [4.69, 9.17) is 15.7 Å². The highest BCUT2D eigenvalue weighted by Gasteiger charge is 2.37. The molecule has 2 unspecified atom stereocenters. The van der Waals surface area contributed by atoms with Gasteiger partial charge in [-0.3, -0.25) is 0 Å². The molecule has 2 atom stereocenters. The summed E-state index contributed by atoms with van der Waals surface area (Å²) in [5.41, 5.74) is 6.43. The van der Waals surface area contributed by atoms with E-state index in [2.05, 4.69) is 26.0 Å². The number of ether oxygens (including phenoxy) is 1. The van der Waals surface area contributed by atoms with Gasteiger partial charge in [0, 0.05) is 12.1 Å². The molecule has 2 fully saturated rings. The number of rotatable bonds is 2. The normalized spacial score (nSPS) is 26.0. The number of oxime groups is 1. The molecule has 0 spiro atoms. The molecule has 1 aromatic rings. The van der Waals surface area contributed by atoms with Gasteiger partial charge < -0.3 is 20.6 Å². The van der Waals surface area contributed by atoms with Crippen LogP contribution in [-0.4, -0.2) is 36.3 Å². The minimum absolute atomic E-state index is 0.118. The number of nitrogens with two attached hydrogens (primary N) is 1. The van der Waals surface area contributed by atoms with Crippen molar-refractivity contribution in [3.63, 3.8) is 0 Å². The van der Waals surface area contributed by atoms with Crippen LogP contribution in [0.5, 0.6) is 0 Å². The van der Waals surface area contributed by atoms with E-state index in [0.717, 1.165) is 19.3 Å². The third-order valence-electron chi connectivity index (χ3n) is 4.24. The maximum Gasteiger partial charge on any atom is 0.171 e. The lowest BCUT2D eigenvalue weighted by Gasteiger charge is -2.39. The van der Waals surface area contributed by atoms with Gasteiger partial charge in [0.05, 0.1) is 28.9 Å². The third kappa shape index (κ3) is 2.48. The minimum atomic E-state index is -0.383. The Bertz CT molecular complexity index is 582. The van der Waals surface area contributed by atoms with Crippen molar-refractivity contribution < 1.29 is 14.3 Å². The average Bonchev–Trinajstić information content (AvgIpc) is 2.98. The Balaban J connectivity index is 1.97. The molecular weight excluding hydrogens is 341 g/mol. The number of anilines is 1. The van der Waals surface area contributed by atoms with Crippen molar-refractivity contribution in [1.29, 1.82) is 0 Å². The monoisotopic (exact) mass is 357 g/mol. The fraction of sp³-hybridized carbons (Fsp3) is 0.500. The number of fused-ring (bicyclic) bond motifs is 1. The maximum atomic E-state index is 14.7. The molecule has 0 radical (unpaired) electrons. The Morgan fingerprint density at radius 3 is 3.05 bits per heavy atom. The van der Waals surface area contributed by atoms with Crippen LogP contribution in [-0.2, 0) is 4.74 Å². The first-order valence-electron chi connectivity index (χ1n) is 6.97. The number of morpholine rings is 1. The molecule has 0 amide bonds. The minimum Gasteiger partial charge on any atom is -0.409 e. The first-order valence-corrected chi connectivity index (χ1v) is 7.77. The molecule has 3 N–H and O–H groups in total. The highest BCUT2D eigenvalue weighted by Crippen LogP contribution is 2.36. The lowest BCUT2D eigenvalue weighted by Crippen LogP contribution is -2.49. The van der Waals surface area contributed by atoms with Crippen LogP contribution in [0.25, 0.3) is 0 Å². The van der Waals surface area contributed by atoms with Crippen molar-refractivity contribution in [3.8, 4) is 0 Å². The van der Waals surface area contributed by atoms with Gasteiger partial charge in [-0.2, -0.15) is 0 Å². The average molecular weight is 358 g/mol. The molecule has 5 nitrogen and oxygen atoms in total.